The summed E-state index contributed by atoms with van der Waals surface area (Å²) in [5.41, 5.74) is 0.571. The third kappa shape index (κ3) is 3.47. The lowest BCUT2D eigenvalue weighted by Crippen LogP contribution is -2.41. The number of benzene rings is 1. The summed E-state index contributed by atoms with van der Waals surface area (Å²) in [5, 5.41) is 9.49. The minimum atomic E-state index is -0.778. The van der Waals surface area contributed by atoms with Crippen LogP contribution in [0, 0.1) is 11.7 Å². The lowest BCUT2D eigenvalue weighted by atomic mass is 9.84. The maximum atomic E-state index is 14.0. The van der Waals surface area contributed by atoms with E-state index in [-0.39, 0.29) is 18.2 Å². The van der Waals surface area contributed by atoms with E-state index in [1.54, 1.807) is 12.1 Å². The number of carboxylic acids is 1. The van der Waals surface area contributed by atoms with Crippen molar-refractivity contribution in [2.24, 2.45) is 5.92 Å². The zero-order valence-corrected chi connectivity index (χ0v) is 14.6. The summed E-state index contributed by atoms with van der Waals surface area (Å²) in [6.45, 7) is 0.378. The van der Waals surface area contributed by atoms with E-state index in [4.69, 9.17) is 0 Å². The van der Waals surface area contributed by atoms with Gasteiger partial charge in [-0.05, 0) is 43.4 Å². The molecule has 2 fully saturated rings. The van der Waals surface area contributed by atoms with Crippen molar-refractivity contribution in [3.05, 3.63) is 34.1 Å². The molecule has 0 spiro atoms. The molecule has 1 saturated carbocycles. The third-order valence-corrected chi connectivity index (χ3v) is 5.36. The molecule has 3 unspecified atom stereocenters. The first-order chi connectivity index (χ1) is 10.1. The molecule has 1 heterocycles. The summed E-state index contributed by atoms with van der Waals surface area (Å²) in [7, 11) is 0. The van der Waals surface area contributed by atoms with Gasteiger partial charge in [-0.15, -0.1) is 12.4 Å². The molecular weight excluding hydrogens is 373 g/mol. The Hall–Kier alpha value is -0.650. The van der Waals surface area contributed by atoms with Crippen LogP contribution in [0.3, 0.4) is 0 Å². The van der Waals surface area contributed by atoms with Crippen LogP contribution in [-0.4, -0.2) is 28.1 Å². The van der Waals surface area contributed by atoms with E-state index in [0.717, 1.165) is 23.7 Å². The van der Waals surface area contributed by atoms with Crippen LogP contribution in [0.1, 0.15) is 37.7 Å². The summed E-state index contributed by atoms with van der Waals surface area (Å²) < 4.78 is 14.8. The van der Waals surface area contributed by atoms with E-state index in [2.05, 4.69) is 15.9 Å². The van der Waals surface area contributed by atoms with Gasteiger partial charge in [-0.2, -0.15) is 0 Å². The molecule has 0 amide bonds. The Bertz CT molecular complexity index is 557. The average Bonchev–Trinajstić information content (AvgIpc) is 2.82. The molecule has 1 aliphatic heterocycles. The van der Waals surface area contributed by atoms with Crippen molar-refractivity contribution in [1.82, 2.24) is 4.90 Å². The zero-order chi connectivity index (χ0) is 15.0. The van der Waals surface area contributed by atoms with Crippen LogP contribution in [0.25, 0.3) is 0 Å². The zero-order valence-electron chi connectivity index (χ0n) is 12.2. The molecule has 0 aromatic heterocycles. The van der Waals surface area contributed by atoms with Crippen molar-refractivity contribution in [2.75, 3.05) is 0 Å². The minimum absolute atomic E-state index is 0. The van der Waals surface area contributed by atoms with Gasteiger partial charge in [-0.3, -0.25) is 9.69 Å². The van der Waals surface area contributed by atoms with Crippen LogP contribution in [0.4, 0.5) is 4.39 Å². The molecule has 1 aliphatic carbocycles. The van der Waals surface area contributed by atoms with E-state index < -0.39 is 12.0 Å². The minimum Gasteiger partial charge on any atom is -0.480 e. The predicted molar refractivity (Wildman–Crippen MR) is 88.7 cm³/mol. The van der Waals surface area contributed by atoms with Gasteiger partial charge >= 0.3 is 5.97 Å². The van der Waals surface area contributed by atoms with Gasteiger partial charge in [0.2, 0.25) is 0 Å². The van der Waals surface area contributed by atoms with E-state index in [1.165, 1.54) is 12.5 Å². The standard InChI is InChI=1S/C16H19BrFNO2.ClH/c17-12-5-6-13(18)11(7-12)9-19-14-4-2-1-3-10(14)8-15(19)16(20)21;/h5-7,10,14-15H,1-4,8-9H2,(H,20,21);1H. The monoisotopic (exact) mass is 391 g/mol. The molecule has 6 heteroatoms. The molecule has 22 heavy (non-hydrogen) atoms. The maximum Gasteiger partial charge on any atom is 0.320 e. The van der Waals surface area contributed by atoms with Crippen LogP contribution in [-0.2, 0) is 11.3 Å². The fourth-order valence-electron chi connectivity index (χ4n) is 3.88. The Labute approximate surface area is 144 Å². The summed E-state index contributed by atoms with van der Waals surface area (Å²) in [6, 6.07) is 4.67. The van der Waals surface area contributed by atoms with Gasteiger partial charge in [0.1, 0.15) is 11.9 Å². The van der Waals surface area contributed by atoms with E-state index in [0.29, 0.717) is 30.5 Å². The normalized spacial score (nSPS) is 28.0. The maximum absolute atomic E-state index is 14.0. The number of hydrogen-bond acceptors (Lipinski definition) is 2. The van der Waals surface area contributed by atoms with Crippen molar-refractivity contribution in [1.29, 1.82) is 0 Å². The number of nitrogens with zero attached hydrogens (tertiary/aromatic N) is 1. The molecule has 2 aliphatic rings. The first-order valence-electron chi connectivity index (χ1n) is 7.48. The molecule has 0 bridgehead atoms. The van der Waals surface area contributed by atoms with Crippen LogP contribution in [0.15, 0.2) is 22.7 Å². The number of hydrogen-bond donors (Lipinski definition) is 1. The van der Waals surface area contributed by atoms with E-state index >= 15 is 0 Å². The third-order valence-electron chi connectivity index (χ3n) is 4.87. The largest absolute Gasteiger partial charge is 0.480 e. The van der Waals surface area contributed by atoms with Crippen molar-refractivity contribution >= 4 is 34.3 Å². The SMILES string of the molecule is Cl.O=C(O)C1CC2CCCCC2N1Cc1cc(Br)ccc1F. The van der Waals surface area contributed by atoms with Crippen molar-refractivity contribution in [3.63, 3.8) is 0 Å². The first-order valence-corrected chi connectivity index (χ1v) is 8.28. The van der Waals surface area contributed by atoms with Gasteiger partial charge in [0, 0.05) is 22.6 Å². The van der Waals surface area contributed by atoms with Gasteiger partial charge < -0.3 is 5.11 Å². The van der Waals surface area contributed by atoms with Gasteiger partial charge in [0.05, 0.1) is 0 Å². The molecule has 3 atom stereocenters. The van der Waals surface area contributed by atoms with Crippen LogP contribution < -0.4 is 0 Å². The van der Waals surface area contributed by atoms with E-state index in [1.807, 2.05) is 4.90 Å². The summed E-state index contributed by atoms with van der Waals surface area (Å²) >= 11 is 3.36. The second-order valence-electron chi connectivity index (χ2n) is 6.11. The number of rotatable bonds is 3. The average molecular weight is 393 g/mol. The Balaban J connectivity index is 0.00000176. The number of carbonyl (C=O) groups is 1. The first kappa shape index (κ1) is 17.7. The molecule has 0 radical (unpaired) electrons. The number of halogens is 3. The molecule has 1 aromatic carbocycles. The second kappa shape index (κ2) is 7.28. The topological polar surface area (TPSA) is 40.5 Å². The number of likely N-dealkylation sites (tertiary alicyclic amines) is 1. The summed E-state index contributed by atoms with van der Waals surface area (Å²) in [6.07, 6.45) is 5.17. The van der Waals surface area contributed by atoms with Gasteiger partial charge in [0.25, 0.3) is 0 Å². The molecular formula is C16H20BrClFNO2. The molecule has 1 aromatic rings. The Morgan fingerprint density at radius 1 is 1.36 bits per heavy atom. The lowest BCUT2D eigenvalue weighted by molar-refractivity contribution is -0.142. The highest BCUT2D eigenvalue weighted by atomic mass is 79.9. The fraction of sp³-hybridized carbons (Fsp3) is 0.562. The molecule has 3 rings (SSSR count). The van der Waals surface area contributed by atoms with E-state index in [9.17, 15) is 14.3 Å². The van der Waals surface area contributed by atoms with Gasteiger partial charge in [-0.1, -0.05) is 28.8 Å². The Kier molecular flexibility index (Phi) is 5.86. The van der Waals surface area contributed by atoms with Gasteiger partial charge in [-0.25, -0.2) is 4.39 Å². The van der Waals surface area contributed by atoms with Crippen molar-refractivity contribution < 1.29 is 14.3 Å². The molecule has 122 valence electrons. The highest BCUT2D eigenvalue weighted by molar-refractivity contribution is 9.10. The van der Waals surface area contributed by atoms with Crippen molar-refractivity contribution in [2.45, 2.75) is 50.7 Å². The highest BCUT2D eigenvalue weighted by Gasteiger charge is 2.45. The number of carboxylic acid groups (broad SMARTS) is 1. The molecule has 3 nitrogen and oxygen atoms in total. The highest BCUT2D eigenvalue weighted by Crippen LogP contribution is 2.40. The Morgan fingerprint density at radius 3 is 2.82 bits per heavy atom. The van der Waals surface area contributed by atoms with Crippen LogP contribution >= 0.6 is 28.3 Å². The second-order valence-corrected chi connectivity index (χ2v) is 7.03. The van der Waals surface area contributed by atoms with Gasteiger partial charge in [0.15, 0.2) is 0 Å². The smallest absolute Gasteiger partial charge is 0.320 e. The summed E-state index contributed by atoms with van der Waals surface area (Å²) in [5.74, 6) is -0.587. The lowest BCUT2D eigenvalue weighted by Gasteiger charge is -2.33. The molecule has 1 saturated heterocycles. The summed E-state index contributed by atoms with van der Waals surface area (Å²) in [4.78, 5) is 13.6. The predicted octanol–water partition coefficient (Wildman–Crippen LogP) is 4.23. The van der Waals surface area contributed by atoms with Crippen LogP contribution in [0.2, 0.25) is 0 Å². The van der Waals surface area contributed by atoms with Crippen molar-refractivity contribution in [3.8, 4) is 0 Å². The quantitative estimate of drug-likeness (QED) is 0.837. The Morgan fingerprint density at radius 2 is 2.09 bits per heavy atom. The number of aliphatic carboxylic acids is 1. The fourth-order valence-corrected chi connectivity index (χ4v) is 4.29. The molecule has 1 N–H and O–H groups in total. The van der Waals surface area contributed by atoms with Crippen LogP contribution in [0.5, 0.6) is 0 Å². The number of fused-ring (bicyclic) bond motifs is 1.